The Morgan fingerprint density at radius 1 is 1.33 bits per heavy atom. The number of ether oxygens (including phenoxy) is 1. The van der Waals surface area contributed by atoms with Crippen molar-refractivity contribution in [3.05, 3.63) is 30.1 Å². The van der Waals surface area contributed by atoms with Crippen LogP contribution < -0.4 is 10.1 Å². The molecule has 1 heterocycles. The molecule has 1 amide bonds. The third kappa shape index (κ3) is 4.17. The van der Waals surface area contributed by atoms with E-state index in [1.54, 1.807) is 13.8 Å². The molecule has 2 rings (SSSR count). The number of halogens is 1. The van der Waals surface area contributed by atoms with Gasteiger partial charge in [0.15, 0.2) is 15.4 Å². The van der Waals surface area contributed by atoms with Crippen LogP contribution in [0.4, 0.5) is 4.39 Å². The van der Waals surface area contributed by atoms with Crippen LogP contribution in [0.2, 0.25) is 0 Å². The highest BCUT2D eigenvalue weighted by Gasteiger charge is 2.35. The molecule has 1 aliphatic rings. The van der Waals surface area contributed by atoms with Crippen LogP contribution in [0.3, 0.4) is 0 Å². The lowest BCUT2D eigenvalue weighted by Gasteiger charge is -2.26. The Kier molecular flexibility index (Phi) is 4.22. The van der Waals surface area contributed by atoms with E-state index in [9.17, 15) is 17.6 Å². The maximum atomic E-state index is 12.8. The van der Waals surface area contributed by atoms with Crippen molar-refractivity contribution >= 4 is 15.7 Å². The molecular formula is C14H18FNO4S. The minimum Gasteiger partial charge on any atom is -0.478 e. The van der Waals surface area contributed by atoms with Gasteiger partial charge in [0.2, 0.25) is 0 Å². The van der Waals surface area contributed by atoms with Crippen molar-refractivity contribution < 1.29 is 22.3 Å². The topological polar surface area (TPSA) is 72.5 Å². The number of amides is 1. The van der Waals surface area contributed by atoms with E-state index >= 15 is 0 Å². The Morgan fingerprint density at radius 3 is 2.48 bits per heavy atom. The van der Waals surface area contributed by atoms with E-state index in [1.165, 1.54) is 24.3 Å². The predicted octanol–water partition coefficient (Wildman–Crippen LogP) is 1.29. The molecular weight excluding hydrogens is 297 g/mol. The number of hydrogen-bond acceptors (Lipinski definition) is 4. The molecule has 5 nitrogen and oxygen atoms in total. The highest BCUT2D eigenvalue weighted by Crippen LogP contribution is 2.20. The highest BCUT2D eigenvalue weighted by molar-refractivity contribution is 7.91. The van der Waals surface area contributed by atoms with Gasteiger partial charge in [0.1, 0.15) is 11.6 Å². The number of sulfone groups is 1. The first kappa shape index (κ1) is 15.8. The molecule has 0 aliphatic carbocycles. The van der Waals surface area contributed by atoms with Gasteiger partial charge in [0.25, 0.3) is 5.91 Å². The maximum absolute atomic E-state index is 12.8. The van der Waals surface area contributed by atoms with Crippen LogP contribution in [0.5, 0.6) is 5.75 Å². The summed E-state index contributed by atoms with van der Waals surface area (Å²) in [6, 6.07) is 4.98. The van der Waals surface area contributed by atoms with Crippen molar-refractivity contribution in [1.29, 1.82) is 0 Å². The Hall–Kier alpha value is -1.63. The number of benzene rings is 1. The minimum atomic E-state index is -3.05. The number of rotatable bonds is 4. The second-order valence-electron chi connectivity index (χ2n) is 5.64. The van der Waals surface area contributed by atoms with Gasteiger partial charge in [0.05, 0.1) is 11.5 Å². The molecule has 0 radical (unpaired) electrons. The van der Waals surface area contributed by atoms with E-state index in [0.29, 0.717) is 12.2 Å². The summed E-state index contributed by atoms with van der Waals surface area (Å²) in [7, 11) is -3.05. The van der Waals surface area contributed by atoms with Gasteiger partial charge in [0, 0.05) is 6.04 Å². The van der Waals surface area contributed by atoms with E-state index in [1.807, 2.05) is 0 Å². The molecule has 1 fully saturated rings. The SMILES string of the molecule is CC(C)(Oc1ccc(F)cc1)C(=O)N[C@@H]1CCS(=O)(=O)C1. The normalized spacial score (nSPS) is 21.0. The average Bonchev–Trinajstić information content (AvgIpc) is 2.71. The van der Waals surface area contributed by atoms with E-state index in [0.717, 1.165) is 0 Å². The molecule has 116 valence electrons. The quantitative estimate of drug-likeness (QED) is 0.908. The summed E-state index contributed by atoms with van der Waals surface area (Å²) in [6.45, 7) is 3.16. The zero-order valence-electron chi connectivity index (χ0n) is 11.9. The van der Waals surface area contributed by atoms with Gasteiger partial charge in [-0.05, 0) is 44.5 Å². The summed E-state index contributed by atoms with van der Waals surface area (Å²) in [5, 5.41) is 2.69. The molecule has 0 bridgehead atoms. The third-order valence-corrected chi connectivity index (χ3v) is 5.07. The standard InChI is InChI=1S/C14H18FNO4S/c1-14(2,20-12-5-3-10(15)4-6-12)13(17)16-11-7-8-21(18,19)9-11/h3-6,11H,7-9H2,1-2H3,(H,16,17)/t11-/m1/s1. The van der Waals surface area contributed by atoms with Crippen LogP contribution in [-0.2, 0) is 14.6 Å². The van der Waals surface area contributed by atoms with Crippen LogP contribution in [0.1, 0.15) is 20.3 Å². The molecule has 7 heteroatoms. The highest BCUT2D eigenvalue weighted by atomic mass is 32.2. The van der Waals surface area contributed by atoms with Crippen LogP contribution in [0.25, 0.3) is 0 Å². The monoisotopic (exact) mass is 315 g/mol. The Labute approximate surface area is 123 Å². The van der Waals surface area contributed by atoms with E-state index in [4.69, 9.17) is 4.74 Å². The van der Waals surface area contributed by atoms with Crippen LogP contribution in [0, 0.1) is 5.82 Å². The fourth-order valence-electron chi connectivity index (χ4n) is 2.11. The fourth-order valence-corrected chi connectivity index (χ4v) is 3.79. The zero-order valence-corrected chi connectivity index (χ0v) is 12.7. The summed E-state index contributed by atoms with van der Waals surface area (Å²) in [6.07, 6.45) is 0.417. The van der Waals surface area contributed by atoms with Crippen LogP contribution in [-0.4, -0.2) is 37.5 Å². The number of hydrogen-bond donors (Lipinski definition) is 1. The van der Waals surface area contributed by atoms with E-state index in [2.05, 4.69) is 5.32 Å². The molecule has 1 aromatic rings. The largest absolute Gasteiger partial charge is 0.478 e. The summed E-state index contributed by atoms with van der Waals surface area (Å²) < 4.78 is 41.1. The van der Waals surface area contributed by atoms with Gasteiger partial charge in [-0.2, -0.15) is 0 Å². The second kappa shape index (κ2) is 5.63. The first-order valence-corrected chi connectivity index (χ1v) is 8.46. The molecule has 1 aliphatic heterocycles. The lowest BCUT2D eigenvalue weighted by Crippen LogP contribution is -2.50. The Morgan fingerprint density at radius 2 is 1.95 bits per heavy atom. The van der Waals surface area contributed by atoms with Crippen molar-refractivity contribution in [2.45, 2.75) is 31.9 Å². The maximum Gasteiger partial charge on any atom is 0.263 e. The molecule has 0 saturated carbocycles. The molecule has 1 atom stereocenters. The molecule has 0 unspecified atom stereocenters. The first-order chi connectivity index (χ1) is 9.68. The molecule has 0 spiro atoms. The summed E-state index contributed by atoms with van der Waals surface area (Å²) >= 11 is 0. The summed E-state index contributed by atoms with van der Waals surface area (Å²) in [4.78, 5) is 12.2. The summed E-state index contributed by atoms with van der Waals surface area (Å²) in [5.41, 5.74) is -1.18. The average molecular weight is 315 g/mol. The molecule has 1 aromatic carbocycles. The molecule has 1 saturated heterocycles. The third-order valence-electron chi connectivity index (χ3n) is 3.30. The Balaban J connectivity index is 1.98. The van der Waals surface area contributed by atoms with Gasteiger partial charge >= 0.3 is 0 Å². The smallest absolute Gasteiger partial charge is 0.263 e. The van der Waals surface area contributed by atoms with Crippen LogP contribution in [0.15, 0.2) is 24.3 Å². The van der Waals surface area contributed by atoms with Gasteiger partial charge in [-0.1, -0.05) is 0 Å². The number of carbonyl (C=O) groups excluding carboxylic acids is 1. The van der Waals surface area contributed by atoms with Gasteiger partial charge in [-0.15, -0.1) is 0 Å². The molecule has 21 heavy (non-hydrogen) atoms. The van der Waals surface area contributed by atoms with Crippen molar-refractivity contribution in [2.75, 3.05) is 11.5 Å². The zero-order chi connectivity index (χ0) is 15.7. The lowest BCUT2D eigenvalue weighted by molar-refractivity contribution is -0.134. The molecule has 1 N–H and O–H groups in total. The lowest BCUT2D eigenvalue weighted by atomic mass is 10.1. The first-order valence-electron chi connectivity index (χ1n) is 6.64. The van der Waals surface area contributed by atoms with Crippen molar-refractivity contribution in [1.82, 2.24) is 5.32 Å². The van der Waals surface area contributed by atoms with Gasteiger partial charge in [-0.25, -0.2) is 12.8 Å². The second-order valence-corrected chi connectivity index (χ2v) is 7.87. The predicted molar refractivity (Wildman–Crippen MR) is 76.3 cm³/mol. The van der Waals surface area contributed by atoms with E-state index < -0.39 is 21.3 Å². The van der Waals surface area contributed by atoms with Gasteiger partial charge < -0.3 is 10.1 Å². The number of nitrogens with one attached hydrogen (secondary N) is 1. The molecule has 0 aromatic heterocycles. The summed E-state index contributed by atoms with van der Waals surface area (Å²) in [5.74, 6) is -0.354. The van der Waals surface area contributed by atoms with Crippen molar-refractivity contribution in [2.24, 2.45) is 0 Å². The Bertz CT molecular complexity index is 625. The van der Waals surface area contributed by atoms with Crippen molar-refractivity contribution in [3.8, 4) is 5.75 Å². The van der Waals surface area contributed by atoms with Gasteiger partial charge in [-0.3, -0.25) is 4.79 Å². The minimum absolute atomic E-state index is 0.0363. The fraction of sp³-hybridized carbons (Fsp3) is 0.500. The van der Waals surface area contributed by atoms with Crippen LogP contribution >= 0.6 is 0 Å². The van der Waals surface area contributed by atoms with E-state index in [-0.39, 0.29) is 23.4 Å². The van der Waals surface area contributed by atoms with Crippen molar-refractivity contribution in [3.63, 3.8) is 0 Å². The number of carbonyl (C=O) groups is 1.